The molecule has 0 bridgehead atoms. The molecule has 4 aromatic carbocycles. The first kappa shape index (κ1) is 26.0. The molecule has 1 N–H and O–H groups in total. The molecule has 0 aliphatic rings. The lowest BCUT2D eigenvalue weighted by Crippen LogP contribution is -2.17. The number of hydrazone groups is 1. The van der Waals surface area contributed by atoms with Crippen molar-refractivity contribution in [3.63, 3.8) is 0 Å². The number of nitrogens with zero attached hydrogens (tertiary/aromatic N) is 1. The topological polar surface area (TPSA) is 95.5 Å². The predicted molar refractivity (Wildman–Crippen MR) is 143 cm³/mol. The van der Waals surface area contributed by atoms with Gasteiger partial charge in [-0.3, -0.25) is 4.79 Å². The maximum atomic E-state index is 12.5. The monoisotopic (exact) mass is 510 g/mol. The van der Waals surface area contributed by atoms with Crippen LogP contribution in [0.15, 0.2) is 102 Å². The summed E-state index contributed by atoms with van der Waals surface area (Å²) in [7, 11) is 3.02. The van der Waals surface area contributed by atoms with Gasteiger partial charge in [-0.25, -0.2) is 10.2 Å². The fourth-order valence-corrected chi connectivity index (χ4v) is 3.41. The SMILES string of the molecule is COc1ccc(C(=O)Oc2ccc(/C=N/NC(=O)c3ccc(OCc4ccccc4)cc3)cc2OC)cc1. The van der Waals surface area contributed by atoms with E-state index in [1.165, 1.54) is 13.3 Å². The Kier molecular flexibility index (Phi) is 8.70. The van der Waals surface area contributed by atoms with Crippen LogP contribution in [0.2, 0.25) is 0 Å². The number of carbonyl (C=O) groups is 2. The van der Waals surface area contributed by atoms with Crippen molar-refractivity contribution in [1.29, 1.82) is 0 Å². The highest BCUT2D eigenvalue weighted by Gasteiger charge is 2.13. The van der Waals surface area contributed by atoms with Crippen LogP contribution in [0.5, 0.6) is 23.0 Å². The van der Waals surface area contributed by atoms with E-state index in [0.29, 0.717) is 40.5 Å². The van der Waals surface area contributed by atoms with Gasteiger partial charge < -0.3 is 18.9 Å². The van der Waals surface area contributed by atoms with Crippen molar-refractivity contribution in [3.05, 3.63) is 119 Å². The van der Waals surface area contributed by atoms with Gasteiger partial charge in [-0.2, -0.15) is 5.10 Å². The Hall–Kier alpha value is -5.11. The summed E-state index contributed by atoms with van der Waals surface area (Å²) in [6, 6.07) is 28.1. The number of rotatable bonds is 10. The maximum Gasteiger partial charge on any atom is 0.343 e. The zero-order chi connectivity index (χ0) is 26.7. The first-order valence-electron chi connectivity index (χ1n) is 11.7. The lowest BCUT2D eigenvalue weighted by atomic mass is 10.2. The minimum absolute atomic E-state index is 0.254. The molecule has 0 atom stereocenters. The van der Waals surface area contributed by atoms with E-state index in [9.17, 15) is 9.59 Å². The van der Waals surface area contributed by atoms with Gasteiger partial charge in [-0.05, 0) is 77.9 Å². The molecular formula is C30H26N2O6. The minimum Gasteiger partial charge on any atom is -0.497 e. The van der Waals surface area contributed by atoms with Crippen LogP contribution >= 0.6 is 0 Å². The third-order valence-electron chi connectivity index (χ3n) is 5.46. The smallest absolute Gasteiger partial charge is 0.343 e. The largest absolute Gasteiger partial charge is 0.497 e. The van der Waals surface area contributed by atoms with Crippen molar-refractivity contribution in [2.45, 2.75) is 6.61 Å². The number of esters is 1. The highest BCUT2D eigenvalue weighted by atomic mass is 16.6. The van der Waals surface area contributed by atoms with Crippen molar-refractivity contribution in [3.8, 4) is 23.0 Å². The number of ether oxygens (including phenoxy) is 4. The first-order valence-corrected chi connectivity index (χ1v) is 11.7. The molecule has 0 unspecified atom stereocenters. The molecule has 0 aromatic heterocycles. The van der Waals surface area contributed by atoms with Gasteiger partial charge in [0.25, 0.3) is 5.91 Å². The van der Waals surface area contributed by atoms with E-state index >= 15 is 0 Å². The summed E-state index contributed by atoms with van der Waals surface area (Å²) in [6.07, 6.45) is 1.47. The number of benzene rings is 4. The first-order chi connectivity index (χ1) is 18.6. The third-order valence-corrected chi connectivity index (χ3v) is 5.46. The molecule has 8 heteroatoms. The molecule has 0 fully saturated rings. The summed E-state index contributed by atoms with van der Waals surface area (Å²) >= 11 is 0. The van der Waals surface area contributed by atoms with Crippen LogP contribution in [0.4, 0.5) is 0 Å². The van der Waals surface area contributed by atoms with E-state index in [4.69, 9.17) is 18.9 Å². The normalized spacial score (nSPS) is 10.6. The number of hydrogen-bond acceptors (Lipinski definition) is 7. The predicted octanol–water partition coefficient (Wildman–Crippen LogP) is 5.27. The fraction of sp³-hybridized carbons (Fsp3) is 0.100. The van der Waals surface area contributed by atoms with Gasteiger partial charge in [0.05, 0.1) is 26.0 Å². The molecule has 1 amide bonds. The molecule has 0 radical (unpaired) electrons. The Labute approximate surface area is 220 Å². The number of hydrogen-bond donors (Lipinski definition) is 1. The van der Waals surface area contributed by atoms with Crippen LogP contribution in [-0.4, -0.2) is 32.3 Å². The molecule has 0 heterocycles. The summed E-state index contributed by atoms with van der Waals surface area (Å²) in [5.41, 5.74) is 5.00. The molecule has 4 aromatic rings. The molecule has 38 heavy (non-hydrogen) atoms. The number of nitrogens with one attached hydrogen (secondary N) is 1. The van der Waals surface area contributed by atoms with Gasteiger partial charge in [0.1, 0.15) is 18.1 Å². The van der Waals surface area contributed by atoms with Gasteiger partial charge >= 0.3 is 5.97 Å². The Morgan fingerprint density at radius 2 is 1.45 bits per heavy atom. The second-order valence-electron chi connectivity index (χ2n) is 8.03. The van der Waals surface area contributed by atoms with E-state index in [1.807, 2.05) is 30.3 Å². The minimum atomic E-state index is -0.531. The zero-order valence-corrected chi connectivity index (χ0v) is 20.9. The van der Waals surface area contributed by atoms with Crippen LogP contribution in [0.25, 0.3) is 0 Å². The van der Waals surface area contributed by atoms with Crippen molar-refractivity contribution in [2.75, 3.05) is 14.2 Å². The summed E-state index contributed by atoms with van der Waals surface area (Å²) < 4.78 is 21.7. The van der Waals surface area contributed by atoms with E-state index in [-0.39, 0.29) is 11.7 Å². The fourth-order valence-electron chi connectivity index (χ4n) is 3.41. The van der Waals surface area contributed by atoms with Crippen LogP contribution in [0, 0.1) is 0 Å². The summed E-state index contributed by atoms with van der Waals surface area (Å²) in [4.78, 5) is 24.9. The third kappa shape index (κ3) is 6.98. The van der Waals surface area contributed by atoms with Crippen LogP contribution in [-0.2, 0) is 6.61 Å². The van der Waals surface area contributed by atoms with Gasteiger partial charge in [-0.1, -0.05) is 30.3 Å². The Morgan fingerprint density at radius 3 is 2.13 bits per heavy atom. The molecule has 0 spiro atoms. The number of methoxy groups -OCH3 is 2. The average molecular weight is 511 g/mol. The van der Waals surface area contributed by atoms with Crippen LogP contribution in [0.3, 0.4) is 0 Å². The average Bonchev–Trinajstić information content (AvgIpc) is 2.97. The van der Waals surface area contributed by atoms with E-state index in [2.05, 4.69) is 10.5 Å². The van der Waals surface area contributed by atoms with Crippen molar-refractivity contribution >= 4 is 18.1 Å². The number of amides is 1. The van der Waals surface area contributed by atoms with Crippen molar-refractivity contribution in [2.24, 2.45) is 5.10 Å². The number of carbonyl (C=O) groups excluding carboxylic acids is 2. The van der Waals surface area contributed by atoms with Gasteiger partial charge in [0.15, 0.2) is 11.5 Å². The van der Waals surface area contributed by atoms with E-state index in [1.54, 1.807) is 73.8 Å². The molecule has 4 rings (SSSR count). The lowest BCUT2D eigenvalue weighted by molar-refractivity contribution is 0.0729. The molecule has 0 saturated carbocycles. The summed E-state index contributed by atoms with van der Waals surface area (Å²) in [5, 5.41) is 4.02. The highest BCUT2D eigenvalue weighted by molar-refractivity contribution is 5.95. The summed E-state index contributed by atoms with van der Waals surface area (Å²) in [5.74, 6) is 0.995. The molecule has 8 nitrogen and oxygen atoms in total. The molecule has 0 saturated heterocycles. The Morgan fingerprint density at radius 1 is 0.763 bits per heavy atom. The van der Waals surface area contributed by atoms with Crippen LogP contribution in [0.1, 0.15) is 31.8 Å². The molecular weight excluding hydrogens is 484 g/mol. The lowest BCUT2D eigenvalue weighted by Gasteiger charge is -2.10. The van der Waals surface area contributed by atoms with Gasteiger partial charge in [0, 0.05) is 5.56 Å². The van der Waals surface area contributed by atoms with E-state index in [0.717, 1.165) is 5.56 Å². The maximum absolute atomic E-state index is 12.5. The molecule has 0 aliphatic carbocycles. The molecule has 192 valence electrons. The van der Waals surface area contributed by atoms with Gasteiger partial charge in [-0.15, -0.1) is 0 Å². The standard InChI is InChI=1S/C30H26N2O6/c1-35-25-13-11-24(12-14-25)30(34)38-27-17-8-22(18-28(27)36-2)19-31-32-29(33)23-9-15-26(16-10-23)37-20-21-6-4-3-5-7-21/h3-19H,20H2,1-2H3,(H,32,33)/b31-19+. The second kappa shape index (κ2) is 12.7. The van der Waals surface area contributed by atoms with Crippen LogP contribution < -0.4 is 24.4 Å². The Bertz CT molecular complexity index is 1400. The summed E-state index contributed by atoms with van der Waals surface area (Å²) in [6.45, 7) is 0.444. The van der Waals surface area contributed by atoms with Crippen molar-refractivity contribution in [1.82, 2.24) is 5.43 Å². The second-order valence-corrected chi connectivity index (χ2v) is 8.03. The quantitative estimate of drug-likeness (QED) is 0.135. The van der Waals surface area contributed by atoms with Crippen molar-refractivity contribution < 1.29 is 28.5 Å². The van der Waals surface area contributed by atoms with Gasteiger partial charge in [0.2, 0.25) is 0 Å². The molecule has 0 aliphatic heterocycles. The Balaban J connectivity index is 1.32. The zero-order valence-electron chi connectivity index (χ0n) is 20.9. The van der Waals surface area contributed by atoms with E-state index < -0.39 is 5.97 Å². The highest BCUT2D eigenvalue weighted by Crippen LogP contribution is 2.28.